The van der Waals surface area contributed by atoms with E-state index in [0.29, 0.717) is 5.92 Å². The molecular weight excluding hydrogens is 355 g/mol. The average Bonchev–Trinajstić information content (AvgIpc) is 2.15. The molecule has 0 radical (unpaired) electrons. The smallest absolute Gasteiger partial charge is 0.137 e. The van der Waals surface area contributed by atoms with Crippen molar-refractivity contribution in [2.75, 3.05) is 7.11 Å². The Labute approximate surface area is 119 Å². The van der Waals surface area contributed by atoms with E-state index < -0.39 is 0 Å². The van der Waals surface area contributed by atoms with Crippen molar-refractivity contribution in [2.45, 2.75) is 25.1 Å². The lowest BCUT2D eigenvalue weighted by Crippen LogP contribution is -2.00. The normalized spacial score (nSPS) is 12.9. The van der Waals surface area contributed by atoms with Crippen molar-refractivity contribution in [1.29, 1.82) is 0 Å². The van der Waals surface area contributed by atoms with Gasteiger partial charge in [0, 0.05) is 15.4 Å². The van der Waals surface area contributed by atoms with E-state index in [1.165, 1.54) is 0 Å². The number of alkyl halides is 1. The van der Waals surface area contributed by atoms with Crippen LogP contribution in [0.3, 0.4) is 0 Å². The van der Waals surface area contributed by atoms with Crippen LogP contribution in [0.4, 0.5) is 0 Å². The van der Waals surface area contributed by atoms with Crippen molar-refractivity contribution in [3.05, 3.63) is 27.2 Å². The summed E-state index contributed by atoms with van der Waals surface area (Å²) in [7, 11) is 1.67. The van der Waals surface area contributed by atoms with Gasteiger partial charge in [-0.05, 0) is 40.4 Å². The third-order valence-corrected chi connectivity index (χ3v) is 3.93. The van der Waals surface area contributed by atoms with Gasteiger partial charge in [0.25, 0.3) is 0 Å². The molecule has 16 heavy (non-hydrogen) atoms. The second-order valence-electron chi connectivity index (χ2n) is 4.11. The molecule has 1 nitrogen and oxygen atoms in total. The fourth-order valence-electron chi connectivity index (χ4n) is 1.57. The van der Waals surface area contributed by atoms with Gasteiger partial charge in [0.2, 0.25) is 0 Å². The molecule has 0 fully saturated rings. The summed E-state index contributed by atoms with van der Waals surface area (Å²) < 4.78 is 6.29. The topological polar surface area (TPSA) is 9.23 Å². The van der Waals surface area contributed by atoms with Gasteiger partial charge in [-0.3, -0.25) is 0 Å². The molecule has 0 saturated carbocycles. The van der Waals surface area contributed by atoms with E-state index in [1.807, 2.05) is 12.1 Å². The molecule has 0 amide bonds. The summed E-state index contributed by atoms with van der Waals surface area (Å²) in [6.45, 7) is 4.39. The highest BCUT2D eigenvalue weighted by Gasteiger charge is 2.17. The number of rotatable bonds is 4. The summed E-state index contributed by atoms with van der Waals surface area (Å²) in [4.78, 5) is 0.262. The maximum atomic E-state index is 6.05. The van der Waals surface area contributed by atoms with Crippen LogP contribution >= 0.6 is 43.5 Å². The quantitative estimate of drug-likeness (QED) is 0.628. The highest BCUT2D eigenvalue weighted by Crippen LogP contribution is 2.41. The van der Waals surface area contributed by atoms with Crippen LogP contribution in [0.25, 0.3) is 0 Å². The van der Waals surface area contributed by atoms with Crippen molar-refractivity contribution in [1.82, 2.24) is 0 Å². The Balaban J connectivity index is 3.10. The summed E-state index contributed by atoms with van der Waals surface area (Å²) in [5, 5.41) is 0.718. The lowest BCUT2D eigenvalue weighted by molar-refractivity contribution is 0.404. The Morgan fingerprint density at radius 3 is 2.50 bits per heavy atom. The molecule has 0 heterocycles. The van der Waals surface area contributed by atoms with E-state index in [4.69, 9.17) is 16.3 Å². The molecule has 4 heteroatoms. The standard InChI is InChI=1S/C12H15Br2ClO/c1-7(2)4-10(13)9-5-8(15)6-11(14)12(9)16-3/h5-7,10H,4H2,1-3H3. The number of hydrogen-bond acceptors (Lipinski definition) is 1. The molecule has 1 aromatic rings. The molecular formula is C12H15Br2ClO. The van der Waals surface area contributed by atoms with Crippen LogP contribution in [0.2, 0.25) is 5.02 Å². The molecule has 0 spiro atoms. The Hall–Kier alpha value is 0.270. The zero-order valence-electron chi connectivity index (χ0n) is 9.56. The first kappa shape index (κ1) is 14.3. The van der Waals surface area contributed by atoms with Gasteiger partial charge in [0.1, 0.15) is 5.75 Å². The average molecular weight is 371 g/mol. The Bertz CT molecular complexity index is 366. The van der Waals surface area contributed by atoms with Gasteiger partial charge in [-0.15, -0.1) is 0 Å². The second kappa shape index (κ2) is 6.27. The van der Waals surface area contributed by atoms with Crippen LogP contribution in [-0.2, 0) is 0 Å². The van der Waals surface area contributed by atoms with Crippen molar-refractivity contribution in [3.63, 3.8) is 0 Å². The first-order valence-corrected chi connectivity index (χ1v) is 7.21. The summed E-state index contributed by atoms with van der Waals surface area (Å²) in [5.41, 5.74) is 1.09. The summed E-state index contributed by atoms with van der Waals surface area (Å²) in [6, 6.07) is 3.80. The largest absolute Gasteiger partial charge is 0.495 e. The molecule has 1 rings (SSSR count). The lowest BCUT2D eigenvalue weighted by atomic mass is 10.0. The summed E-state index contributed by atoms with van der Waals surface area (Å²) in [5.74, 6) is 1.47. The van der Waals surface area contributed by atoms with Gasteiger partial charge in [0.15, 0.2) is 0 Å². The third-order valence-electron chi connectivity index (χ3n) is 2.26. The predicted octanol–water partition coefficient (Wildman–Crippen LogP) is 5.59. The molecule has 0 N–H and O–H groups in total. The van der Waals surface area contributed by atoms with Gasteiger partial charge in [-0.2, -0.15) is 0 Å². The van der Waals surface area contributed by atoms with E-state index in [9.17, 15) is 0 Å². The van der Waals surface area contributed by atoms with E-state index in [0.717, 1.165) is 27.2 Å². The molecule has 0 aliphatic heterocycles. The molecule has 0 bridgehead atoms. The van der Waals surface area contributed by atoms with E-state index in [1.54, 1.807) is 7.11 Å². The Morgan fingerprint density at radius 1 is 1.38 bits per heavy atom. The van der Waals surface area contributed by atoms with Crippen LogP contribution in [-0.4, -0.2) is 7.11 Å². The van der Waals surface area contributed by atoms with Gasteiger partial charge in [-0.1, -0.05) is 41.4 Å². The highest BCUT2D eigenvalue weighted by atomic mass is 79.9. The zero-order chi connectivity index (χ0) is 12.3. The minimum absolute atomic E-state index is 0.262. The minimum atomic E-state index is 0.262. The molecule has 1 atom stereocenters. The predicted molar refractivity (Wildman–Crippen MR) is 76.8 cm³/mol. The number of ether oxygens (including phenoxy) is 1. The molecule has 0 aliphatic rings. The van der Waals surface area contributed by atoms with Gasteiger partial charge < -0.3 is 4.74 Å². The van der Waals surface area contributed by atoms with Crippen LogP contribution in [0.1, 0.15) is 30.7 Å². The molecule has 1 aromatic carbocycles. The summed E-state index contributed by atoms with van der Waals surface area (Å²) in [6.07, 6.45) is 1.04. The summed E-state index contributed by atoms with van der Waals surface area (Å²) >= 11 is 13.2. The van der Waals surface area contributed by atoms with Crippen molar-refractivity contribution >= 4 is 43.5 Å². The highest BCUT2D eigenvalue weighted by molar-refractivity contribution is 9.10. The fourth-order valence-corrected chi connectivity index (χ4v) is 3.65. The first-order valence-electron chi connectivity index (χ1n) is 5.12. The molecule has 0 saturated heterocycles. The first-order chi connectivity index (χ1) is 7.45. The van der Waals surface area contributed by atoms with Gasteiger partial charge in [-0.25, -0.2) is 0 Å². The maximum absolute atomic E-state index is 6.05. The monoisotopic (exact) mass is 368 g/mol. The molecule has 90 valence electrons. The van der Waals surface area contributed by atoms with Crippen LogP contribution in [0.15, 0.2) is 16.6 Å². The molecule has 0 aliphatic carbocycles. The van der Waals surface area contributed by atoms with Crippen LogP contribution in [0, 0.1) is 5.92 Å². The van der Waals surface area contributed by atoms with E-state index >= 15 is 0 Å². The molecule has 1 unspecified atom stereocenters. The number of halogens is 3. The molecule has 0 aromatic heterocycles. The Morgan fingerprint density at radius 2 is 2.00 bits per heavy atom. The van der Waals surface area contributed by atoms with Crippen molar-refractivity contribution in [3.8, 4) is 5.75 Å². The van der Waals surface area contributed by atoms with Crippen LogP contribution < -0.4 is 4.74 Å². The minimum Gasteiger partial charge on any atom is -0.495 e. The number of benzene rings is 1. The van der Waals surface area contributed by atoms with Crippen molar-refractivity contribution < 1.29 is 4.74 Å². The van der Waals surface area contributed by atoms with Crippen molar-refractivity contribution in [2.24, 2.45) is 5.92 Å². The zero-order valence-corrected chi connectivity index (χ0v) is 13.5. The number of methoxy groups -OCH3 is 1. The maximum Gasteiger partial charge on any atom is 0.137 e. The van der Waals surface area contributed by atoms with Gasteiger partial charge >= 0.3 is 0 Å². The Kier molecular flexibility index (Phi) is 5.62. The lowest BCUT2D eigenvalue weighted by Gasteiger charge is -2.17. The van der Waals surface area contributed by atoms with E-state index in [2.05, 4.69) is 45.7 Å². The number of hydrogen-bond donors (Lipinski definition) is 0. The SMILES string of the molecule is COc1c(Br)cc(Cl)cc1C(Br)CC(C)C. The second-order valence-corrected chi connectivity index (χ2v) is 6.50. The van der Waals surface area contributed by atoms with E-state index in [-0.39, 0.29) is 4.83 Å². The fraction of sp³-hybridized carbons (Fsp3) is 0.500. The van der Waals surface area contributed by atoms with Crippen LogP contribution in [0.5, 0.6) is 5.75 Å². The van der Waals surface area contributed by atoms with Gasteiger partial charge in [0.05, 0.1) is 11.6 Å². The third kappa shape index (κ3) is 3.64.